The maximum Gasteiger partial charge on any atom is 0.338 e. The minimum atomic E-state index is -0.644. The number of rotatable bonds is 6. The van der Waals surface area contributed by atoms with Gasteiger partial charge in [0.25, 0.3) is 5.91 Å². The molecule has 0 spiro atoms. The number of para-hydroxylation sites is 2. The highest BCUT2D eigenvalue weighted by Gasteiger charge is 2.34. The molecule has 2 aliphatic heterocycles. The predicted molar refractivity (Wildman–Crippen MR) is 125 cm³/mol. The lowest BCUT2D eigenvalue weighted by Gasteiger charge is -2.38. The molecule has 1 saturated heterocycles. The van der Waals surface area contributed by atoms with E-state index in [9.17, 15) is 14.4 Å². The van der Waals surface area contributed by atoms with E-state index in [0.29, 0.717) is 30.2 Å². The summed E-state index contributed by atoms with van der Waals surface area (Å²) in [6, 6.07) is 14.0. The molecule has 1 atom stereocenters. The number of carbonyl (C=O) groups excluding carboxylic acids is 3. The maximum atomic E-state index is 13.1. The number of anilines is 2. The first kappa shape index (κ1) is 22.6. The van der Waals surface area contributed by atoms with Crippen LogP contribution in [0.2, 0.25) is 0 Å². The van der Waals surface area contributed by atoms with Crippen LogP contribution in [0.25, 0.3) is 0 Å². The summed E-state index contributed by atoms with van der Waals surface area (Å²) in [5.41, 5.74) is 1.79. The summed E-state index contributed by atoms with van der Waals surface area (Å²) in [5.74, 6) is -0.0423. The van der Waals surface area contributed by atoms with E-state index in [-0.39, 0.29) is 18.4 Å². The summed E-state index contributed by atoms with van der Waals surface area (Å²) in [4.78, 5) is 41.4. The van der Waals surface area contributed by atoms with Gasteiger partial charge in [0.05, 0.1) is 30.9 Å². The SMILES string of the molecule is CCOC(=O)c1ccc(NC(=O)CN2C[C@H](C(=O)N3CCCCC3)Oc3ccccc32)cc1. The third-order valence-electron chi connectivity index (χ3n) is 5.82. The van der Waals surface area contributed by atoms with Crippen LogP contribution in [0.3, 0.4) is 0 Å². The van der Waals surface area contributed by atoms with Crippen molar-refractivity contribution in [2.75, 3.05) is 43.0 Å². The van der Waals surface area contributed by atoms with Gasteiger partial charge in [0.1, 0.15) is 5.75 Å². The van der Waals surface area contributed by atoms with Crippen molar-refractivity contribution < 1.29 is 23.9 Å². The van der Waals surface area contributed by atoms with Gasteiger partial charge in [0.15, 0.2) is 6.10 Å². The second-order valence-corrected chi connectivity index (χ2v) is 8.19. The normalized spacial score (nSPS) is 17.5. The summed E-state index contributed by atoms with van der Waals surface area (Å²) >= 11 is 0. The molecule has 1 fully saturated rings. The van der Waals surface area contributed by atoms with E-state index >= 15 is 0 Å². The molecule has 0 saturated carbocycles. The second-order valence-electron chi connectivity index (χ2n) is 8.19. The van der Waals surface area contributed by atoms with E-state index < -0.39 is 12.1 Å². The molecule has 8 nitrogen and oxygen atoms in total. The van der Waals surface area contributed by atoms with Crippen molar-refractivity contribution in [3.05, 3.63) is 54.1 Å². The Morgan fingerprint density at radius 1 is 1.03 bits per heavy atom. The first-order valence-corrected chi connectivity index (χ1v) is 11.4. The molecule has 8 heteroatoms. The van der Waals surface area contributed by atoms with E-state index in [0.717, 1.165) is 38.0 Å². The van der Waals surface area contributed by atoms with Gasteiger partial charge in [-0.3, -0.25) is 9.59 Å². The molecular weight excluding hydrogens is 422 g/mol. The van der Waals surface area contributed by atoms with Crippen molar-refractivity contribution in [3.63, 3.8) is 0 Å². The number of hydrogen-bond acceptors (Lipinski definition) is 6. The Bertz CT molecular complexity index is 1000. The Balaban J connectivity index is 1.43. The molecule has 0 unspecified atom stereocenters. The Labute approximate surface area is 193 Å². The number of hydrogen-bond donors (Lipinski definition) is 1. The van der Waals surface area contributed by atoms with Crippen molar-refractivity contribution in [3.8, 4) is 5.75 Å². The van der Waals surface area contributed by atoms with E-state index in [1.807, 2.05) is 34.1 Å². The molecular formula is C25H29N3O5. The number of piperidine rings is 1. The van der Waals surface area contributed by atoms with Crippen molar-refractivity contribution in [2.45, 2.75) is 32.3 Å². The van der Waals surface area contributed by atoms with Crippen molar-refractivity contribution in [2.24, 2.45) is 0 Å². The Morgan fingerprint density at radius 3 is 2.48 bits per heavy atom. The summed E-state index contributed by atoms with van der Waals surface area (Å²) in [7, 11) is 0. The van der Waals surface area contributed by atoms with E-state index in [2.05, 4.69) is 5.32 Å². The maximum absolute atomic E-state index is 13.1. The number of amides is 2. The molecule has 0 radical (unpaired) electrons. The number of esters is 1. The molecule has 1 N–H and O–H groups in total. The van der Waals surface area contributed by atoms with E-state index in [4.69, 9.17) is 9.47 Å². The van der Waals surface area contributed by atoms with Crippen LogP contribution in [0.15, 0.2) is 48.5 Å². The average Bonchev–Trinajstić information content (AvgIpc) is 2.84. The quantitative estimate of drug-likeness (QED) is 0.679. The Morgan fingerprint density at radius 2 is 1.76 bits per heavy atom. The molecule has 2 aromatic carbocycles. The van der Waals surface area contributed by atoms with Crippen LogP contribution < -0.4 is 15.0 Å². The van der Waals surface area contributed by atoms with Gasteiger partial charge in [-0.1, -0.05) is 12.1 Å². The zero-order valence-electron chi connectivity index (χ0n) is 18.8. The minimum absolute atomic E-state index is 0.0239. The fourth-order valence-corrected chi connectivity index (χ4v) is 4.18. The van der Waals surface area contributed by atoms with E-state index in [1.165, 1.54) is 0 Å². The fourth-order valence-electron chi connectivity index (χ4n) is 4.18. The van der Waals surface area contributed by atoms with Gasteiger partial charge in [-0.15, -0.1) is 0 Å². The highest BCUT2D eigenvalue weighted by atomic mass is 16.5. The van der Waals surface area contributed by atoms with Crippen molar-refractivity contribution in [1.29, 1.82) is 0 Å². The monoisotopic (exact) mass is 451 g/mol. The number of ether oxygens (including phenoxy) is 2. The van der Waals surface area contributed by atoms with Gasteiger partial charge in [-0.2, -0.15) is 0 Å². The lowest BCUT2D eigenvalue weighted by atomic mass is 10.1. The molecule has 33 heavy (non-hydrogen) atoms. The van der Waals surface area contributed by atoms with Crippen LogP contribution in [0.1, 0.15) is 36.5 Å². The predicted octanol–water partition coefficient (Wildman–Crippen LogP) is 3.08. The molecule has 2 amide bonds. The highest BCUT2D eigenvalue weighted by molar-refractivity contribution is 5.96. The fraction of sp³-hybridized carbons (Fsp3) is 0.400. The molecule has 0 aliphatic carbocycles. The number of benzene rings is 2. The van der Waals surface area contributed by atoms with Crippen LogP contribution in [0.5, 0.6) is 5.75 Å². The molecule has 2 aliphatic rings. The van der Waals surface area contributed by atoms with Gasteiger partial charge in [0.2, 0.25) is 5.91 Å². The molecule has 2 aromatic rings. The number of carbonyl (C=O) groups is 3. The molecule has 2 heterocycles. The standard InChI is InChI=1S/C25H29N3O5/c1-2-32-25(31)18-10-12-19(13-11-18)26-23(29)17-28-16-22(24(30)27-14-6-3-7-15-27)33-21-9-5-4-8-20(21)28/h4-5,8-13,22H,2-3,6-7,14-17H2,1H3,(H,26,29)/t22-/m1/s1. The van der Waals surface area contributed by atoms with Gasteiger partial charge in [0, 0.05) is 18.8 Å². The van der Waals surface area contributed by atoms with Crippen molar-refractivity contribution >= 4 is 29.2 Å². The number of likely N-dealkylation sites (tertiary alicyclic amines) is 1. The second kappa shape index (κ2) is 10.4. The number of fused-ring (bicyclic) bond motifs is 1. The first-order chi connectivity index (χ1) is 16.0. The van der Waals surface area contributed by atoms with Crippen LogP contribution >= 0.6 is 0 Å². The zero-order chi connectivity index (χ0) is 23.2. The third-order valence-corrected chi connectivity index (χ3v) is 5.82. The van der Waals surface area contributed by atoms with Crippen LogP contribution in [-0.4, -0.2) is 61.6 Å². The van der Waals surface area contributed by atoms with Crippen LogP contribution in [0, 0.1) is 0 Å². The summed E-state index contributed by atoms with van der Waals surface area (Å²) in [6.45, 7) is 3.94. The van der Waals surface area contributed by atoms with Gasteiger partial charge in [-0.25, -0.2) is 4.79 Å². The average molecular weight is 452 g/mol. The lowest BCUT2D eigenvalue weighted by molar-refractivity contribution is -0.139. The number of nitrogens with zero attached hydrogens (tertiary/aromatic N) is 2. The zero-order valence-corrected chi connectivity index (χ0v) is 18.8. The Hall–Kier alpha value is -3.55. The third kappa shape index (κ3) is 5.45. The van der Waals surface area contributed by atoms with E-state index in [1.54, 1.807) is 31.2 Å². The van der Waals surface area contributed by atoms with Crippen LogP contribution in [0.4, 0.5) is 11.4 Å². The molecule has 4 rings (SSSR count). The summed E-state index contributed by atoms with van der Waals surface area (Å²) in [5, 5.41) is 2.86. The van der Waals surface area contributed by atoms with Crippen molar-refractivity contribution in [1.82, 2.24) is 4.90 Å². The van der Waals surface area contributed by atoms with Crippen LogP contribution in [-0.2, 0) is 14.3 Å². The highest BCUT2D eigenvalue weighted by Crippen LogP contribution is 2.33. The largest absolute Gasteiger partial charge is 0.477 e. The minimum Gasteiger partial charge on any atom is -0.477 e. The molecule has 174 valence electrons. The van der Waals surface area contributed by atoms with Gasteiger partial charge in [-0.05, 0) is 62.6 Å². The summed E-state index contributed by atoms with van der Waals surface area (Å²) < 4.78 is 11.0. The first-order valence-electron chi connectivity index (χ1n) is 11.4. The lowest BCUT2D eigenvalue weighted by Crippen LogP contribution is -2.52. The topological polar surface area (TPSA) is 88.2 Å². The smallest absolute Gasteiger partial charge is 0.338 e. The Kier molecular flexibility index (Phi) is 7.12. The molecule has 0 bridgehead atoms. The summed E-state index contributed by atoms with van der Waals surface area (Å²) in [6.07, 6.45) is 2.52. The number of nitrogens with one attached hydrogen (secondary N) is 1. The molecule has 0 aromatic heterocycles. The van der Waals surface area contributed by atoms with Gasteiger partial charge >= 0.3 is 5.97 Å². The van der Waals surface area contributed by atoms with Gasteiger partial charge < -0.3 is 24.6 Å².